The zero-order chi connectivity index (χ0) is 15.7. The normalized spacial score (nSPS) is 10.7. The van der Waals surface area contributed by atoms with Gasteiger partial charge in [-0.2, -0.15) is 5.10 Å². The smallest absolute Gasteiger partial charge is 0.155 e. The Morgan fingerprint density at radius 2 is 1.73 bits per heavy atom. The first-order valence-corrected chi connectivity index (χ1v) is 7.12. The predicted molar refractivity (Wildman–Crippen MR) is 84.4 cm³/mol. The molecule has 0 aliphatic heterocycles. The molecule has 0 atom stereocenters. The van der Waals surface area contributed by atoms with E-state index in [9.17, 15) is 9.18 Å². The van der Waals surface area contributed by atoms with Gasteiger partial charge in [0.15, 0.2) is 6.29 Å². The summed E-state index contributed by atoms with van der Waals surface area (Å²) in [5.74, 6) is -0.469. The fourth-order valence-corrected chi connectivity index (χ4v) is 2.52. The van der Waals surface area contributed by atoms with Gasteiger partial charge in [0.1, 0.15) is 16.7 Å². The van der Waals surface area contributed by atoms with Gasteiger partial charge in [-0.25, -0.2) is 9.07 Å². The quantitative estimate of drug-likeness (QED) is 0.645. The minimum Gasteiger partial charge on any atom is -0.298 e. The number of aromatic nitrogens is 2. The topological polar surface area (TPSA) is 34.9 Å². The maximum Gasteiger partial charge on any atom is 0.155 e. The first kappa shape index (κ1) is 14.8. The van der Waals surface area contributed by atoms with Crippen LogP contribution in [0.15, 0.2) is 48.5 Å². The minimum atomic E-state index is -0.469. The molecular formula is C16H9Cl2FN2O. The number of hydrogen-bond acceptors (Lipinski definition) is 2. The highest BCUT2D eigenvalue weighted by molar-refractivity contribution is 6.33. The van der Waals surface area contributed by atoms with Crippen LogP contribution in [-0.2, 0) is 0 Å². The molecular weight excluding hydrogens is 326 g/mol. The van der Waals surface area contributed by atoms with E-state index in [0.29, 0.717) is 17.0 Å². The Hall–Kier alpha value is -2.17. The molecule has 1 heterocycles. The lowest BCUT2D eigenvalue weighted by atomic mass is 10.1. The van der Waals surface area contributed by atoms with Crippen molar-refractivity contribution in [2.45, 2.75) is 0 Å². The molecule has 0 aliphatic rings. The molecule has 0 amide bonds. The van der Waals surface area contributed by atoms with Crippen LogP contribution in [0, 0.1) is 5.82 Å². The van der Waals surface area contributed by atoms with Crippen LogP contribution in [0.5, 0.6) is 0 Å². The Balaban J connectivity index is 2.21. The summed E-state index contributed by atoms with van der Waals surface area (Å²) in [5, 5.41) is 4.97. The van der Waals surface area contributed by atoms with Crippen molar-refractivity contribution >= 4 is 29.5 Å². The molecule has 1 aromatic heterocycles. The third-order valence-corrected chi connectivity index (χ3v) is 3.80. The van der Waals surface area contributed by atoms with Gasteiger partial charge in [0.2, 0.25) is 0 Å². The molecule has 3 aromatic rings. The maximum absolute atomic E-state index is 14.0. The van der Waals surface area contributed by atoms with E-state index >= 15 is 0 Å². The second kappa shape index (κ2) is 5.91. The molecule has 22 heavy (non-hydrogen) atoms. The third kappa shape index (κ3) is 2.51. The van der Waals surface area contributed by atoms with Gasteiger partial charge in [-0.15, -0.1) is 0 Å². The van der Waals surface area contributed by atoms with E-state index in [0.717, 1.165) is 0 Å². The molecule has 3 rings (SSSR count). The second-order valence-electron chi connectivity index (χ2n) is 4.54. The van der Waals surface area contributed by atoms with Crippen LogP contribution in [-0.4, -0.2) is 16.1 Å². The summed E-state index contributed by atoms with van der Waals surface area (Å²) in [5.41, 5.74) is 1.19. The molecule has 2 aromatic carbocycles. The first-order valence-electron chi connectivity index (χ1n) is 6.36. The zero-order valence-electron chi connectivity index (χ0n) is 11.1. The van der Waals surface area contributed by atoms with Crippen LogP contribution in [0.3, 0.4) is 0 Å². The van der Waals surface area contributed by atoms with Crippen LogP contribution in [0.25, 0.3) is 16.9 Å². The predicted octanol–water partition coefficient (Wildman–Crippen LogP) is 4.80. The molecule has 3 nitrogen and oxygen atoms in total. The SMILES string of the molecule is O=Cc1c(-c2ccccc2F)nn(-c2ccc(Cl)cc2)c1Cl. The Kier molecular flexibility index (Phi) is 3.96. The van der Waals surface area contributed by atoms with Crippen LogP contribution in [0.1, 0.15) is 10.4 Å². The van der Waals surface area contributed by atoms with E-state index in [1.807, 2.05) is 0 Å². The average Bonchev–Trinajstić information content (AvgIpc) is 2.85. The number of aldehydes is 1. The van der Waals surface area contributed by atoms with Crippen molar-refractivity contribution in [3.05, 3.63) is 70.1 Å². The average molecular weight is 335 g/mol. The minimum absolute atomic E-state index is 0.121. The number of halogens is 3. The highest BCUT2D eigenvalue weighted by Gasteiger charge is 2.20. The molecule has 0 unspecified atom stereocenters. The van der Waals surface area contributed by atoms with Crippen LogP contribution in [0.4, 0.5) is 4.39 Å². The van der Waals surface area contributed by atoms with Gasteiger partial charge in [-0.1, -0.05) is 35.3 Å². The van der Waals surface area contributed by atoms with Gasteiger partial charge < -0.3 is 0 Å². The molecule has 0 saturated heterocycles. The van der Waals surface area contributed by atoms with Gasteiger partial charge in [0.05, 0.1) is 11.3 Å². The molecule has 0 radical (unpaired) electrons. The molecule has 110 valence electrons. The van der Waals surface area contributed by atoms with Crippen LogP contribution >= 0.6 is 23.2 Å². The first-order chi connectivity index (χ1) is 10.6. The number of hydrogen-bond donors (Lipinski definition) is 0. The molecule has 0 bridgehead atoms. The Bertz CT molecular complexity index is 844. The van der Waals surface area contributed by atoms with Crippen LogP contribution < -0.4 is 0 Å². The van der Waals surface area contributed by atoms with Gasteiger partial charge in [-0.05, 0) is 36.4 Å². The summed E-state index contributed by atoms with van der Waals surface area (Å²) in [6.07, 6.45) is 0.573. The molecule has 0 N–H and O–H groups in total. The van der Waals surface area contributed by atoms with Gasteiger partial charge in [-0.3, -0.25) is 4.79 Å². The van der Waals surface area contributed by atoms with Crippen molar-refractivity contribution < 1.29 is 9.18 Å². The summed E-state index contributed by atoms with van der Waals surface area (Å²) < 4.78 is 15.3. The fourth-order valence-electron chi connectivity index (χ4n) is 2.12. The summed E-state index contributed by atoms with van der Waals surface area (Å²) in [4.78, 5) is 11.4. The van der Waals surface area contributed by atoms with E-state index in [2.05, 4.69) is 5.10 Å². The Morgan fingerprint density at radius 3 is 2.36 bits per heavy atom. The summed E-state index contributed by atoms with van der Waals surface area (Å²) in [7, 11) is 0. The summed E-state index contributed by atoms with van der Waals surface area (Å²) in [6, 6.07) is 12.9. The van der Waals surface area contributed by atoms with Gasteiger partial charge in [0.25, 0.3) is 0 Å². The van der Waals surface area contributed by atoms with E-state index in [4.69, 9.17) is 23.2 Å². The van der Waals surface area contributed by atoms with Gasteiger partial charge >= 0.3 is 0 Å². The second-order valence-corrected chi connectivity index (χ2v) is 5.33. The number of rotatable bonds is 3. The summed E-state index contributed by atoms with van der Waals surface area (Å²) >= 11 is 12.1. The number of benzene rings is 2. The van der Waals surface area contributed by atoms with E-state index in [-0.39, 0.29) is 22.0 Å². The standard InChI is InChI=1S/C16H9Cl2FN2O/c17-10-5-7-11(8-6-10)21-16(18)13(9-22)15(20-21)12-3-1-2-4-14(12)19/h1-9H. The Labute approximate surface area is 135 Å². The number of carbonyl (C=O) groups excluding carboxylic acids is 1. The van der Waals surface area contributed by atoms with E-state index in [1.165, 1.54) is 10.7 Å². The van der Waals surface area contributed by atoms with E-state index < -0.39 is 5.82 Å². The third-order valence-electron chi connectivity index (χ3n) is 3.18. The maximum atomic E-state index is 14.0. The van der Waals surface area contributed by atoms with E-state index in [1.54, 1.807) is 42.5 Å². The Morgan fingerprint density at radius 1 is 1.05 bits per heavy atom. The molecule has 0 saturated carbocycles. The van der Waals surface area contributed by atoms with Crippen molar-refractivity contribution in [2.24, 2.45) is 0 Å². The summed E-state index contributed by atoms with van der Waals surface area (Å²) in [6.45, 7) is 0. The van der Waals surface area contributed by atoms with Crippen molar-refractivity contribution in [1.29, 1.82) is 0 Å². The lowest BCUT2D eigenvalue weighted by Gasteiger charge is -2.02. The van der Waals surface area contributed by atoms with Crippen molar-refractivity contribution in [1.82, 2.24) is 9.78 Å². The molecule has 0 aliphatic carbocycles. The zero-order valence-corrected chi connectivity index (χ0v) is 12.6. The largest absolute Gasteiger partial charge is 0.298 e. The lowest BCUT2D eigenvalue weighted by Crippen LogP contribution is -1.96. The molecule has 0 fully saturated rings. The molecule has 0 spiro atoms. The van der Waals surface area contributed by atoms with Crippen LogP contribution in [0.2, 0.25) is 10.2 Å². The number of carbonyl (C=O) groups is 1. The fraction of sp³-hybridized carbons (Fsp3) is 0. The lowest BCUT2D eigenvalue weighted by molar-refractivity contribution is 0.112. The van der Waals surface area contributed by atoms with Crippen molar-refractivity contribution in [3.63, 3.8) is 0 Å². The highest BCUT2D eigenvalue weighted by Crippen LogP contribution is 2.31. The van der Waals surface area contributed by atoms with Gasteiger partial charge in [0, 0.05) is 10.6 Å². The highest BCUT2D eigenvalue weighted by atomic mass is 35.5. The monoisotopic (exact) mass is 334 g/mol. The molecule has 6 heteroatoms. The number of nitrogens with zero attached hydrogens (tertiary/aromatic N) is 2. The van der Waals surface area contributed by atoms with Crippen molar-refractivity contribution in [3.8, 4) is 16.9 Å². The van der Waals surface area contributed by atoms with Crippen molar-refractivity contribution in [2.75, 3.05) is 0 Å².